The van der Waals surface area contributed by atoms with Crippen LogP contribution in [0.25, 0.3) is 0 Å². The standard InChI is InChI=1S/C28H33F3N2O4/c1-35-22-15-19-12-14-33(27(34)32-13-6-9-18-7-3-4-11-23(18)32)26(25(19)24(17-22)36-2)20-8-5-10-21(16-20)37-28(29,30)31/h5,8,10,15-18,23,26H,3-4,6-7,9,11-14H2,1-2H3. The molecule has 3 unspecified atom stereocenters. The highest BCUT2D eigenvalue weighted by Gasteiger charge is 2.42. The molecule has 0 N–H and O–H groups in total. The van der Waals surface area contributed by atoms with Crippen molar-refractivity contribution in [2.45, 2.75) is 63.4 Å². The van der Waals surface area contributed by atoms with Crippen LogP contribution in [0.5, 0.6) is 17.2 Å². The van der Waals surface area contributed by atoms with Crippen molar-refractivity contribution in [2.24, 2.45) is 5.92 Å². The Morgan fingerprint density at radius 3 is 2.46 bits per heavy atom. The second-order valence-electron chi connectivity index (χ2n) is 10.1. The van der Waals surface area contributed by atoms with E-state index >= 15 is 0 Å². The lowest BCUT2D eigenvalue weighted by Gasteiger charge is -2.48. The number of hydrogen-bond acceptors (Lipinski definition) is 4. The highest BCUT2D eigenvalue weighted by Crippen LogP contribution is 2.45. The Hall–Kier alpha value is -3.10. The number of halogens is 3. The molecule has 5 rings (SSSR count). The van der Waals surface area contributed by atoms with Gasteiger partial charge in [0.1, 0.15) is 17.2 Å². The van der Waals surface area contributed by atoms with Crippen LogP contribution in [0.4, 0.5) is 18.0 Å². The fourth-order valence-electron chi connectivity index (χ4n) is 6.45. The lowest BCUT2D eigenvalue weighted by molar-refractivity contribution is -0.274. The Kier molecular flexibility index (Phi) is 7.14. The van der Waals surface area contributed by atoms with E-state index in [0.29, 0.717) is 42.5 Å². The summed E-state index contributed by atoms with van der Waals surface area (Å²) in [4.78, 5) is 18.0. The van der Waals surface area contributed by atoms with E-state index in [9.17, 15) is 18.0 Å². The molecule has 2 aromatic carbocycles. The summed E-state index contributed by atoms with van der Waals surface area (Å²) in [7, 11) is 3.12. The summed E-state index contributed by atoms with van der Waals surface area (Å²) in [6, 6.07) is 9.12. The number of carbonyl (C=O) groups is 1. The average molecular weight is 519 g/mol. The van der Waals surface area contributed by atoms with Crippen molar-refractivity contribution in [1.82, 2.24) is 9.80 Å². The first-order valence-corrected chi connectivity index (χ1v) is 13.0. The summed E-state index contributed by atoms with van der Waals surface area (Å²) in [6.07, 6.45) is 2.35. The van der Waals surface area contributed by atoms with Gasteiger partial charge in [-0.05, 0) is 67.3 Å². The Morgan fingerprint density at radius 2 is 1.70 bits per heavy atom. The SMILES string of the molecule is COc1cc2c(c(OC)c1)C(c1cccc(OC(F)(F)F)c1)N(C(=O)N1CCCC3CCCCC31)CC2. The van der Waals surface area contributed by atoms with Gasteiger partial charge in [0.05, 0.1) is 20.3 Å². The van der Waals surface area contributed by atoms with E-state index in [4.69, 9.17) is 9.47 Å². The Balaban J connectivity index is 1.58. The van der Waals surface area contributed by atoms with Gasteiger partial charge in [-0.2, -0.15) is 0 Å². The number of amides is 2. The van der Waals surface area contributed by atoms with Crippen molar-refractivity contribution < 1.29 is 32.2 Å². The first-order chi connectivity index (χ1) is 17.8. The van der Waals surface area contributed by atoms with Crippen molar-refractivity contribution in [2.75, 3.05) is 27.3 Å². The molecule has 2 aliphatic heterocycles. The van der Waals surface area contributed by atoms with E-state index in [0.717, 1.165) is 43.2 Å². The summed E-state index contributed by atoms with van der Waals surface area (Å²) < 4.78 is 54.5. The van der Waals surface area contributed by atoms with Gasteiger partial charge in [-0.25, -0.2) is 4.79 Å². The highest BCUT2D eigenvalue weighted by molar-refractivity contribution is 5.77. The summed E-state index contributed by atoms with van der Waals surface area (Å²) in [5.41, 5.74) is 2.25. The summed E-state index contributed by atoms with van der Waals surface area (Å²) in [5, 5.41) is 0. The average Bonchev–Trinajstić information content (AvgIpc) is 2.90. The number of benzene rings is 2. The van der Waals surface area contributed by atoms with Crippen molar-refractivity contribution in [3.63, 3.8) is 0 Å². The van der Waals surface area contributed by atoms with Crippen LogP contribution in [0.15, 0.2) is 36.4 Å². The fraction of sp³-hybridized carbons (Fsp3) is 0.536. The van der Waals surface area contributed by atoms with Crippen LogP contribution < -0.4 is 14.2 Å². The monoisotopic (exact) mass is 518 g/mol. The number of carbonyl (C=O) groups excluding carboxylic acids is 1. The molecule has 2 amide bonds. The van der Waals surface area contributed by atoms with Crippen LogP contribution in [0.1, 0.15) is 61.3 Å². The first kappa shape index (κ1) is 25.5. The number of hydrogen-bond donors (Lipinski definition) is 0. The van der Waals surface area contributed by atoms with Crippen molar-refractivity contribution in [3.8, 4) is 17.2 Å². The molecule has 1 aliphatic carbocycles. The molecule has 9 heteroatoms. The minimum Gasteiger partial charge on any atom is -0.497 e. The van der Waals surface area contributed by atoms with Gasteiger partial charge >= 0.3 is 12.4 Å². The van der Waals surface area contributed by atoms with Crippen molar-refractivity contribution >= 4 is 6.03 Å². The van der Waals surface area contributed by atoms with Gasteiger partial charge in [0, 0.05) is 30.8 Å². The number of likely N-dealkylation sites (tertiary alicyclic amines) is 1. The molecule has 3 aliphatic rings. The molecule has 3 atom stereocenters. The Bertz CT molecular complexity index is 1120. The first-order valence-electron chi connectivity index (χ1n) is 13.0. The van der Waals surface area contributed by atoms with Crippen LogP contribution in [-0.2, 0) is 6.42 Å². The maximum atomic E-state index is 14.2. The minimum atomic E-state index is -4.81. The van der Waals surface area contributed by atoms with Gasteiger partial charge in [0.25, 0.3) is 0 Å². The smallest absolute Gasteiger partial charge is 0.497 e. The predicted molar refractivity (Wildman–Crippen MR) is 132 cm³/mol. The molecule has 1 saturated carbocycles. The van der Waals surface area contributed by atoms with Gasteiger partial charge in [0.2, 0.25) is 0 Å². The van der Waals surface area contributed by atoms with E-state index in [1.807, 2.05) is 11.0 Å². The molecule has 6 nitrogen and oxygen atoms in total. The number of ether oxygens (including phenoxy) is 3. The topological polar surface area (TPSA) is 51.2 Å². The van der Waals surface area contributed by atoms with Crippen LogP contribution in [0.2, 0.25) is 0 Å². The van der Waals surface area contributed by atoms with Crippen molar-refractivity contribution in [3.05, 3.63) is 53.1 Å². The van der Waals surface area contributed by atoms with Gasteiger partial charge in [-0.3, -0.25) is 0 Å². The molecule has 2 heterocycles. The van der Waals surface area contributed by atoms with E-state index in [1.54, 1.807) is 31.3 Å². The maximum Gasteiger partial charge on any atom is 0.573 e. The van der Waals surface area contributed by atoms with Gasteiger partial charge in [-0.1, -0.05) is 25.0 Å². The van der Waals surface area contributed by atoms with Crippen LogP contribution >= 0.6 is 0 Å². The van der Waals surface area contributed by atoms with Gasteiger partial charge < -0.3 is 24.0 Å². The fourth-order valence-corrected chi connectivity index (χ4v) is 6.45. The van der Waals surface area contributed by atoms with Crippen LogP contribution in [0.3, 0.4) is 0 Å². The Labute approximate surface area is 215 Å². The summed E-state index contributed by atoms with van der Waals surface area (Å²) in [6.45, 7) is 1.14. The zero-order valence-corrected chi connectivity index (χ0v) is 21.2. The second-order valence-corrected chi connectivity index (χ2v) is 10.1. The normalized spacial score (nSPS) is 23.6. The molecule has 0 aromatic heterocycles. The number of rotatable bonds is 4. The van der Waals surface area contributed by atoms with E-state index in [2.05, 4.69) is 4.74 Å². The number of fused-ring (bicyclic) bond motifs is 2. The minimum absolute atomic E-state index is 0.0627. The molecule has 0 bridgehead atoms. The molecular formula is C28H33F3N2O4. The quantitative estimate of drug-likeness (QED) is 0.475. The molecule has 0 radical (unpaired) electrons. The maximum absolute atomic E-state index is 14.2. The highest BCUT2D eigenvalue weighted by atomic mass is 19.4. The number of piperidine rings is 1. The molecule has 1 saturated heterocycles. The lowest BCUT2D eigenvalue weighted by Crippen LogP contribution is -2.56. The third-order valence-electron chi connectivity index (χ3n) is 8.01. The number of nitrogens with zero attached hydrogens (tertiary/aromatic N) is 2. The van der Waals surface area contributed by atoms with E-state index in [-0.39, 0.29) is 17.8 Å². The van der Waals surface area contributed by atoms with Crippen LogP contribution in [-0.4, -0.2) is 55.5 Å². The lowest BCUT2D eigenvalue weighted by atomic mass is 9.78. The number of urea groups is 1. The zero-order chi connectivity index (χ0) is 26.2. The molecule has 2 fully saturated rings. The molecular weight excluding hydrogens is 485 g/mol. The van der Waals surface area contributed by atoms with Crippen molar-refractivity contribution in [1.29, 1.82) is 0 Å². The third kappa shape index (κ3) is 5.18. The third-order valence-corrected chi connectivity index (χ3v) is 8.01. The van der Waals surface area contributed by atoms with E-state index in [1.165, 1.54) is 24.6 Å². The summed E-state index contributed by atoms with van der Waals surface area (Å²) in [5.74, 6) is 1.36. The molecule has 2 aromatic rings. The molecule has 0 spiro atoms. The molecule has 200 valence electrons. The zero-order valence-electron chi connectivity index (χ0n) is 21.2. The predicted octanol–water partition coefficient (Wildman–Crippen LogP) is 6.32. The number of methoxy groups -OCH3 is 2. The largest absolute Gasteiger partial charge is 0.573 e. The summed E-state index contributed by atoms with van der Waals surface area (Å²) >= 11 is 0. The van der Waals surface area contributed by atoms with Crippen LogP contribution in [0, 0.1) is 5.92 Å². The van der Waals surface area contributed by atoms with Gasteiger partial charge in [0.15, 0.2) is 0 Å². The van der Waals surface area contributed by atoms with E-state index < -0.39 is 12.4 Å². The molecule has 37 heavy (non-hydrogen) atoms. The Morgan fingerprint density at radius 1 is 0.919 bits per heavy atom. The number of alkyl halides is 3. The second kappa shape index (κ2) is 10.3. The van der Waals surface area contributed by atoms with Gasteiger partial charge in [-0.15, -0.1) is 13.2 Å².